The SMILES string of the molecule is COc1ccc(C)cc1NC(=O)Nc1ccc(-c2c[nH]c3cccnc23)cc1. The number of nitrogens with zero attached hydrogens (tertiary/aromatic N) is 1. The number of fused-ring (bicyclic) bond motifs is 1. The summed E-state index contributed by atoms with van der Waals surface area (Å²) in [6.07, 6.45) is 3.72. The molecule has 28 heavy (non-hydrogen) atoms. The van der Waals surface area contributed by atoms with Crippen molar-refractivity contribution in [2.75, 3.05) is 17.7 Å². The van der Waals surface area contributed by atoms with Crippen molar-refractivity contribution in [1.29, 1.82) is 0 Å². The van der Waals surface area contributed by atoms with Gasteiger partial charge in [-0.15, -0.1) is 0 Å². The summed E-state index contributed by atoms with van der Waals surface area (Å²) in [4.78, 5) is 20.0. The minimum Gasteiger partial charge on any atom is -0.495 e. The molecule has 0 aliphatic rings. The average Bonchev–Trinajstić information content (AvgIpc) is 3.13. The van der Waals surface area contributed by atoms with E-state index in [-0.39, 0.29) is 6.03 Å². The minimum atomic E-state index is -0.328. The largest absolute Gasteiger partial charge is 0.495 e. The molecular formula is C22H20N4O2. The van der Waals surface area contributed by atoms with Crippen molar-refractivity contribution >= 4 is 28.4 Å². The van der Waals surface area contributed by atoms with Gasteiger partial charge in [0.15, 0.2) is 0 Å². The lowest BCUT2D eigenvalue weighted by molar-refractivity contribution is 0.262. The highest BCUT2D eigenvalue weighted by atomic mass is 16.5. The zero-order valence-corrected chi connectivity index (χ0v) is 15.6. The molecule has 0 spiro atoms. The Morgan fingerprint density at radius 1 is 1.07 bits per heavy atom. The summed E-state index contributed by atoms with van der Waals surface area (Å²) in [6, 6.07) is 16.8. The van der Waals surface area contributed by atoms with E-state index in [1.807, 2.05) is 67.7 Å². The van der Waals surface area contributed by atoms with Crippen LogP contribution in [-0.2, 0) is 0 Å². The predicted molar refractivity (Wildman–Crippen MR) is 112 cm³/mol. The van der Waals surface area contributed by atoms with Crippen molar-refractivity contribution in [2.45, 2.75) is 6.92 Å². The third-order valence-electron chi connectivity index (χ3n) is 4.49. The van der Waals surface area contributed by atoms with Crippen LogP contribution in [0.3, 0.4) is 0 Å². The lowest BCUT2D eigenvalue weighted by atomic mass is 10.1. The Balaban J connectivity index is 1.49. The lowest BCUT2D eigenvalue weighted by Gasteiger charge is -2.12. The fourth-order valence-corrected chi connectivity index (χ4v) is 3.11. The van der Waals surface area contributed by atoms with Crippen LogP contribution in [0.15, 0.2) is 67.0 Å². The van der Waals surface area contributed by atoms with Crippen molar-refractivity contribution in [2.24, 2.45) is 0 Å². The molecule has 0 aliphatic heterocycles. The summed E-state index contributed by atoms with van der Waals surface area (Å²) in [7, 11) is 1.58. The van der Waals surface area contributed by atoms with Crippen molar-refractivity contribution in [3.8, 4) is 16.9 Å². The number of pyridine rings is 1. The van der Waals surface area contributed by atoms with E-state index in [4.69, 9.17) is 4.74 Å². The molecule has 6 nitrogen and oxygen atoms in total. The molecule has 2 amide bonds. The highest BCUT2D eigenvalue weighted by Crippen LogP contribution is 2.28. The number of urea groups is 1. The summed E-state index contributed by atoms with van der Waals surface area (Å²) < 4.78 is 5.29. The first-order valence-corrected chi connectivity index (χ1v) is 8.89. The lowest BCUT2D eigenvalue weighted by Crippen LogP contribution is -2.19. The number of aromatic amines is 1. The second kappa shape index (κ2) is 7.44. The van der Waals surface area contributed by atoms with Crippen molar-refractivity contribution < 1.29 is 9.53 Å². The molecule has 4 rings (SSSR count). The molecule has 0 atom stereocenters. The van der Waals surface area contributed by atoms with E-state index in [1.54, 1.807) is 13.3 Å². The number of ether oxygens (including phenoxy) is 1. The monoisotopic (exact) mass is 372 g/mol. The van der Waals surface area contributed by atoms with Crippen LogP contribution < -0.4 is 15.4 Å². The maximum absolute atomic E-state index is 12.4. The molecule has 2 aromatic carbocycles. The zero-order chi connectivity index (χ0) is 19.5. The molecule has 0 saturated heterocycles. The summed E-state index contributed by atoms with van der Waals surface area (Å²) in [5.74, 6) is 0.614. The Morgan fingerprint density at radius 2 is 1.89 bits per heavy atom. The van der Waals surface area contributed by atoms with Crippen molar-refractivity contribution in [3.05, 3.63) is 72.6 Å². The Labute approximate surface area is 162 Å². The number of hydrogen-bond donors (Lipinski definition) is 3. The topological polar surface area (TPSA) is 79.0 Å². The van der Waals surface area contributed by atoms with Gasteiger partial charge in [-0.3, -0.25) is 4.98 Å². The van der Waals surface area contributed by atoms with Gasteiger partial charge in [0.2, 0.25) is 0 Å². The van der Waals surface area contributed by atoms with Gasteiger partial charge in [-0.05, 0) is 54.4 Å². The quantitative estimate of drug-likeness (QED) is 0.461. The minimum absolute atomic E-state index is 0.328. The van der Waals surface area contributed by atoms with Gasteiger partial charge in [0.25, 0.3) is 0 Å². The first-order chi connectivity index (χ1) is 13.6. The van der Waals surface area contributed by atoms with Gasteiger partial charge in [-0.2, -0.15) is 0 Å². The van der Waals surface area contributed by atoms with Gasteiger partial charge in [-0.25, -0.2) is 4.79 Å². The molecule has 6 heteroatoms. The summed E-state index contributed by atoms with van der Waals surface area (Å²) in [6.45, 7) is 1.96. The Bertz CT molecular complexity index is 1130. The predicted octanol–water partition coefficient (Wildman–Crippen LogP) is 5.19. The fourth-order valence-electron chi connectivity index (χ4n) is 3.11. The molecule has 4 aromatic rings. The fraction of sp³-hybridized carbons (Fsp3) is 0.0909. The van der Waals surface area contributed by atoms with E-state index < -0.39 is 0 Å². The van der Waals surface area contributed by atoms with E-state index in [1.165, 1.54) is 0 Å². The Morgan fingerprint density at radius 3 is 2.68 bits per heavy atom. The number of carbonyl (C=O) groups excluding carboxylic acids is 1. The molecule has 0 radical (unpaired) electrons. The van der Waals surface area contributed by atoms with Crippen molar-refractivity contribution in [3.63, 3.8) is 0 Å². The smallest absolute Gasteiger partial charge is 0.323 e. The normalized spacial score (nSPS) is 10.6. The third-order valence-corrected chi connectivity index (χ3v) is 4.49. The number of amides is 2. The van der Waals surface area contributed by atoms with Crippen LogP contribution in [0.1, 0.15) is 5.56 Å². The van der Waals surface area contributed by atoms with E-state index in [9.17, 15) is 4.79 Å². The second-order valence-corrected chi connectivity index (χ2v) is 6.46. The number of anilines is 2. The zero-order valence-electron chi connectivity index (χ0n) is 15.6. The Hall–Kier alpha value is -3.80. The number of rotatable bonds is 4. The summed E-state index contributed by atoms with van der Waals surface area (Å²) in [5.41, 5.74) is 6.32. The molecule has 0 saturated carbocycles. The van der Waals surface area contributed by atoms with Gasteiger partial charge >= 0.3 is 6.03 Å². The van der Waals surface area contributed by atoms with E-state index in [0.29, 0.717) is 17.1 Å². The standard InChI is InChI=1S/C22H20N4O2/c1-14-5-10-20(28-2)19(12-14)26-22(27)25-16-8-6-15(7-9-16)17-13-24-18-4-3-11-23-21(17)18/h3-13,24H,1-2H3,(H2,25,26,27). The first-order valence-electron chi connectivity index (χ1n) is 8.89. The molecule has 0 aliphatic carbocycles. The maximum atomic E-state index is 12.4. The number of aromatic nitrogens is 2. The van der Waals surface area contributed by atoms with Gasteiger partial charge in [0.1, 0.15) is 5.75 Å². The van der Waals surface area contributed by atoms with Crippen LogP contribution in [0.25, 0.3) is 22.2 Å². The number of methoxy groups -OCH3 is 1. The number of hydrogen-bond acceptors (Lipinski definition) is 3. The maximum Gasteiger partial charge on any atom is 0.323 e. The molecule has 3 N–H and O–H groups in total. The first kappa shape index (κ1) is 17.6. The van der Waals surface area contributed by atoms with Gasteiger partial charge < -0.3 is 20.4 Å². The highest BCUT2D eigenvalue weighted by Gasteiger charge is 2.10. The molecule has 0 unspecified atom stereocenters. The van der Waals surface area contributed by atoms with Crippen molar-refractivity contribution in [1.82, 2.24) is 9.97 Å². The average molecular weight is 372 g/mol. The van der Waals surface area contributed by atoms with E-state index in [0.717, 1.165) is 27.7 Å². The van der Waals surface area contributed by atoms with E-state index in [2.05, 4.69) is 20.6 Å². The van der Waals surface area contributed by atoms with Crippen LogP contribution in [0.5, 0.6) is 5.75 Å². The summed E-state index contributed by atoms with van der Waals surface area (Å²) in [5, 5.41) is 5.67. The number of nitrogens with one attached hydrogen (secondary N) is 3. The van der Waals surface area contributed by atoms with Crippen LogP contribution >= 0.6 is 0 Å². The van der Waals surface area contributed by atoms with Gasteiger partial charge in [0, 0.05) is 23.6 Å². The third kappa shape index (κ3) is 3.53. The second-order valence-electron chi connectivity index (χ2n) is 6.46. The van der Waals surface area contributed by atoms with Crippen LogP contribution in [0.2, 0.25) is 0 Å². The highest BCUT2D eigenvalue weighted by molar-refractivity contribution is 6.01. The molecule has 0 bridgehead atoms. The Kier molecular flexibility index (Phi) is 4.68. The summed E-state index contributed by atoms with van der Waals surface area (Å²) >= 11 is 0. The number of benzene rings is 2. The molecule has 0 fully saturated rings. The number of H-pyrrole nitrogens is 1. The van der Waals surface area contributed by atoms with Gasteiger partial charge in [-0.1, -0.05) is 18.2 Å². The number of carbonyl (C=O) groups is 1. The van der Waals surface area contributed by atoms with Crippen LogP contribution in [0.4, 0.5) is 16.2 Å². The van der Waals surface area contributed by atoms with Crippen LogP contribution in [0, 0.1) is 6.92 Å². The number of aryl methyl sites for hydroxylation is 1. The van der Waals surface area contributed by atoms with Crippen LogP contribution in [-0.4, -0.2) is 23.1 Å². The molecular weight excluding hydrogens is 352 g/mol. The van der Waals surface area contributed by atoms with Gasteiger partial charge in [0.05, 0.1) is 23.8 Å². The molecule has 140 valence electrons. The van der Waals surface area contributed by atoms with E-state index >= 15 is 0 Å². The molecule has 2 heterocycles. The molecule has 2 aromatic heterocycles.